The second-order valence-corrected chi connectivity index (χ2v) is 7.03. The molecular weight excluding hydrogens is 256 g/mol. The van der Waals surface area contributed by atoms with Gasteiger partial charge in [0.05, 0.1) is 12.2 Å². The summed E-state index contributed by atoms with van der Waals surface area (Å²) < 4.78 is 5.80. The van der Waals surface area contributed by atoms with Gasteiger partial charge in [-0.2, -0.15) is 0 Å². The molecule has 0 N–H and O–H groups in total. The minimum atomic E-state index is 0.640. The molecule has 1 aliphatic heterocycles. The van der Waals surface area contributed by atoms with Gasteiger partial charge in [0, 0.05) is 0 Å². The van der Waals surface area contributed by atoms with E-state index in [1.54, 1.807) is 0 Å². The normalized spacial score (nSPS) is 20.9. The standard InChI is InChI=1S/C20H40O/c1-3-5-7-9-11-12-14-16-18-20-19(21-20)17-15-13-10-8-6-4-2/h19-20H,3-18H2,1-2H3. The molecule has 0 aromatic heterocycles. The first-order valence-corrected chi connectivity index (χ1v) is 10.0. The van der Waals surface area contributed by atoms with Crippen LogP contribution >= 0.6 is 0 Å². The molecular formula is C20H40O. The quantitative estimate of drug-likeness (QED) is 0.220. The Bertz CT molecular complexity index is 214. The highest BCUT2D eigenvalue weighted by Gasteiger charge is 2.36. The maximum atomic E-state index is 5.80. The Kier molecular flexibility index (Phi) is 12.3. The number of rotatable bonds is 16. The fourth-order valence-corrected chi connectivity index (χ4v) is 3.29. The van der Waals surface area contributed by atoms with Gasteiger partial charge in [-0.25, -0.2) is 0 Å². The van der Waals surface area contributed by atoms with Crippen molar-refractivity contribution in [2.45, 2.75) is 129 Å². The van der Waals surface area contributed by atoms with Crippen molar-refractivity contribution in [3.05, 3.63) is 0 Å². The molecule has 0 saturated carbocycles. The van der Waals surface area contributed by atoms with Gasteiger partial charge < -0.3 is 4.74 Å². The zero-order valence-corrected chi connectivity index (χ0v) is 14.9. The van der Waals surface area contributed by atoms with Gasteiger partial charge in [0.2, 0.25) is 0 Å². The van der Waals surface area contributed by atoms with E-state index >= 15 is 0 Å². The summed E-state index contributed by atoms with van der Waals surface area (Å²) in [5.74, 6) is 0. The first kappa shape index (κ1) is 19.0. The van der Waals surface area contributed by atoms with Crippen LogP contribution in [0.4, 0.5) is 0 Å². The van der Waals surface area contributed by atoms with Crippen molar-refractivity contribution < 1.29 is 4.74 Å². The molecule has 0 spiro atoms. The fraction of sp³-hybridized carbons (Fsp3) is 1.00. The molecule has 0 radical (unpaired) electrons. The van der Waals surface area contributed by atoms with Crippen molar-refractivity contribution in [2.75, 3.05) is 0 Å². The Hall–Kier alpha value is -0.0400. The van der Waals surface area contributed by atoms with Gasteiger partial charge in [0.25, 0.3) is 0 Å². The Morgan fingerprint density at radius 3 is 1.19 bits per heavy atom. The second-order valence-electron chi connectivity index (χ2n) is 7.03. The SMILES string of the molecule is CCCCCCCCCCC1OC1CCCCCCCC. The van der Waals surface area contributed by atoms with E-state index in [4.69, 9.17) is 4.74 Å². The lowest BCUT2D eigenvalue weighted by Gasteiger charge is -2.01. The van der Waals surface area contributed by atoms with Crippen molar-refractivity contribution in [3.8, 4) is 0 Å². The molecule has 1 rings (SSSR count). The van der Waals surface area contributed by atoms with Crippen LogP contribution in [0, 0.1) is 0 Å². The van der Waals surface area contributed by atoms with Crippen LogP contribution in [0.25, 0.3) is 0 Å². The highest BCUT2D eigenvalue weighted by atomic mass is 16.6. The summed E-state index contributed by atoms with van der Waals surface area (Å²) in [5, 5.41) is 0. The van der Waals surface area contributed by atoms with E-state index in [9.17, 15) is 0 Å². The molecule has 2 unspecified atom stereocenters. The summed E-state index contributed by atoms with van der Waals surface area (Å²) in [6.45, 7) is 4.57. The lowest BCUT2D eigenvalue weighted by molar-refractivity contribution is 0.347. The predicted octanol–water partition coefficient (Wildman–Crippen LogP) is 7.04. The number of hydrogen-bond acceptors (Lipinski definition) is 1. The average Bonchev–Trinajstić information content (AvgIpc) is 3.24. The summed E-state index contributed by atoms with van der Waals surface area (Å²) in [7, 11) is 0. The van der Waals surface area contributed by atoms with E-state index in [-0.39, 0.29) is 0 Å². The summed E-state index contributed by atoms with van der Waals surface area (Å²) in [6.07, 6.45) is 23.8. The molecule has 0 aromatic rings. The van der Waals surface area contributed by atoms with Crippen molar-refractivity contribution in [1.82, 2.24) is 0 Å². The van der Waals surface area contributed by atoms with Crippen LogP contribution in [-0.4, -0.2) is 12.2 Å². The average molecular weight is 297 g/mol. The van der Waals surface area contributed by atoms with Gasteiger partial charge in [-0.15, -0.1) is 0 Å². The van der Waals surface area contributed by atoms with Gasteiger partial charge >= 0.3 is 0 Å². The molecule has 1 heterocycles. The molecule has 1 nitrogen and oxygen atoms in total. The summed E-state index contributed by atoms with van der Waals surface area (Å²) >= 11 is 0. The van der Waals surface area contributed by atoms with Crippen LogP contribution in [0.1, 0.15) is 117 Å². The van der Waals surface area contributed by atoms with Crippen molar-refractivity contribution in [3.63, 3.8) is 0 Å². The Labute approximate surface area is 134 Å². The van der Waals surface area contributed by atoms with Gasteiger partial charge in [0.15, 0.2) is 0 Å². The van der Waals surface area contributed by atoms with Crippen LogP contribution in [0.15, 0.2) is 0 Å². The van der Waals surface area contributed by atoms with Gasteiger partial charge in [-0.05, 0) is 12.8 Å². The van der Waals surface area contributed by atoms with E-state index in [0.29, 0.717) is 12.2 Å². The topological polar surface area (TPSA) is 12.5 Å². The second kappa shape index (κ2) is 13.6. The Morgan fingerprint density at radius 2 is 0.810 bits per heavy atom. The fourth-order valence-electron chi connectivity index (χ4n) is 3.29. The molecule has 1 fully saturated rings. The molecule has 126 valence electrons. The predicted molar refractivity (Wildman–Crippen MR) is 93.9 cm³/mol. The van der Waals surface area contributed by atoms with E-state index in [1.807, 2.05) is 0 Å². The first-order valence-electron chi connectivity index (χ1n) is 10.0. The van der Waals surface area contributed by atoms with E-state index in [2.05, 4.69) is 13.8 Å². The van der Waals surface area contributed by atoms with Gasteiger partial charge in [-0.3, -0.25) is 0 Å². The summed E-state index contributed by atoms with van der Waals surface area (Å²) in [6, 6.07) is 0. The molecule has 0 bridgehead atoms. The highest BCUT2D eigenvalue weighted by Crippen LogP contribution is 2.31. The van der Waals surface area contributed by atoms with Crippen molar-refractivity contribution in [2.24, 2.45) is 0 Å². The van der Waals surface area contributed by atoms with E-state index in [0.717, 1.165) is 0 Å². The van der Waals surface area contributed by atoms with Crippen LogP contribution in [0.3, 0.4) is 0 Å². The minimum Gasteiger partial charge on any atom is -0.370 e. The molecule has 1 saturated heterocycles. The zero-order valence-electron chi connectivity index (χ0n) is 14.9. The Balaban J connectivity index is 1.74. The summed E-state index contributed by atoms with van der Waals surface area (Å²) in [4.78, 5) is 0. The lowest BCUT2D eigenvalue weighted by atomic mass is 10.0. The van der Waals surface area contributed by atoms with Crippen LogP contribution in [0.5, 0.6) is 0 Å². The number of unbranched alkanes of at least 4 members (excludes halogenated alkanes) is 12. The monoisotopic (exact) mass is 296 g/mol. The van der Waals surface area contributed by atoms with Crippen molar-refractivity contribution >= 4 is 0 Å². The van der Waals surface area contributed by atoms with Crippen LogP contribution in [-0.2, 0) is 4.74 Å². The largest absolute Gasteiger partial charge is 0.370 e. The lowest BCUT2D eigenvalue weighted by Crippen LogP contribution is -1.94. The zero-order chi connectivity index (χ0) is 15.2. The number of ether oxygens (including phenoxy) is 1. The molecule has 21 heavy (non-hydrogen) atoms. The minimum absolute atomic E-state index is 0.640. The molecule has 1 heteroatoms. The summed E-state index contributed by atoms with van der Waals surface area (Å²) in [5.41, 5.74) is 0. The van der Waals surface area contributed by atoms with E-state index < -0.39 is 0 Å². The van der Waals surface area contributed by atoms with Crippen molar-refractivity contribution in [1.29, 1.82) is 0 Å². The third kappa shape index (κ3) is 11.2. The highest BCUT2D eigenvalue weighted by molar-refractivity contribution is 4.84. The molecule has 1 aliphatic rings. The van der Waals surface area contributed by atoms with Crippen LogP contribution in [0.2, 0.25) is 0 Å². The van der Waals surface area contributed by atoms with E-state index in [1.165, 1.54) is 103 Å². The molecule has 0 aromatic carbocycles. The van der Waals surface area contributed by atoms with Crippen LogP contribution < -0.4 is 0 Å². The molecule has 0 amide bonds. The molecule has 2 atom stereocenters. The number of hydrogen-bond donors (Lipinski definition) is 0. The first-order chi connectivity index (χ1) is 10.4. The third-order valence-corrected chi connectivity index (χ3v) is 4.87. The maximum Gasteiger partial charge on any atom is 0.0841 e. The number of epoxide rings is 1. The Morgan fingerprint density at radius 1 is 0.476 bits per heavy atom. The molecule has 0 aliphatic carbocycles. The van der Waals surface area contributed by atoms with Gasteiger partial charge in [-0.1, -0.05) is 104 Å². The van der Waals surface area contributed by atoms with Gasteiger partial charge in [0.1, 0.15) is 0 Å². The third-order valence-electron chi connectivity index (χ3n) is 4.87. The maximum absolute atomic E-state index is 5.80. The smallest absolute Gasteiger partial charge is 0.0841 e.